The van der Waals surface area contributed by atoms with Crippen LogP contribution in [0.5, 0.6) is 0 Å². The van der Waals surface area contributed by atoms with Crippen molar-refractivity contribution in [2.24, 2.45) is 7.05 Å². The van der Waals surface area contributed by atoms with Crippen LogP contribution in [0.1, 0.15) is 25.0 Å². The van der Waals surface area contributed by atoms with Gasteiger partial charge in [-0.15, -0.1) is 5.10 Å². The zero-order chi connectivity index (χ0) is 24.0. The zero-order valence-corrected chi connectivity index (χ0v) is 18.7. The van der Waals surface area contributed by atoms with Gasteiger partial charge in [0.2, 0.25) is 0 Å². The molecule has 0 bridgehead atoms. The first-order valence-electron chi connectivity index (χ1n) is 9.84. The van der Waals surface area contributed by atoms with E-state index < -0.39 is 18.1 Å². The number of pyridine rings is 2. The minimum Gasteiger partial charge on any atom is -0.441 e. The van der Waals surface area contributed by atoms with Crippen molar-refractivity contribution >= 4 is 35.1 Å². The van der Waals surface area contributed by atoms with Crippen molar-refractivity contribution in [1.29, 1.82) is 0 Å². The minimum absolute atomic E-state index is 0.164. The number of carbonyl (C=O) groups is 2. The summed E-state index contributed by atoms with van der Waals surface area (Å²) in [5.74, 6) is -0.142. The predicted molar refractivity (Wildman–Crippen MR) is 121 cm³/mol. The van der Waals surface area contributed by atoms with Crippen molar-refractivity contribution in [3.63, 3.8) is 0 Å². The molecule has 0 fully saturated rings. The molecule has 3 aromatic rings. The van der Waals surface area contributed by atoms with E-state index in [1.54, 1.807) is 44.4 Å². The third kappa shape index (κ3) is 5.90. The Hall–Kier alpha value is -3.83. The van der Waals surface area contributed by atoms with Gasteiger partial charge < -0.3 is 15.2 Å². The number of rotatable bonds is 8. The molecule has 0 aliphatic heterocycles. The lowest BCUT2D eigenvalue weighted by molar-refractivity contribution is -0.113. The number of hydrogen-bond donors (Lipinski definition) is 3. The second-order valence-electron chi connectivity index (χ2n) is 6.93. The average molecular weight is 472 g/mol. The van der Waals surface area contributed by atoms with Gasteiger partial charge in [-0.3, -0.25) is 15.1 Å². The van der Waals surface area contributed by atoms with Crippen molar-refractivity contribution < 1.29 is 19.4 Å². The second kappa shape index (κ2) is 10.7. The number of aromatic nitrogens is 5. The lowest BCUT2D eigenvalue weighted by Gasteiger charge is -2.15. The molecular formula is C21H22ClN7O4. The highest BCUT2D eigenvalue weighted by atomic mass is 35.5. The van der Waals surface area contributed by atoms with Crippen LogP contribution in [0.4, 0.5) is 16.3 Å². The Labute approximate surface area is 194 Å². The molecule has 0 unspecified atom stereocenters. The van der Waals surface area contributed by atoms with Crippen molar-refractivity contribution in [1.82, 2.24) is 25.0 Å². The van der Waals surface area contributed by atoms with Crippen molar-refractivity contribution in [2.75, 3.05) is 17.2 Å². The van der Waals surface area contributed by atoms with Gasteiger partial charge >= 0.3 is 6.09 Å². The number of halogens is 1. The number of nitrogens with one attached hydrogen (secondary N) is 2. The molecule has 12 heteroatoms. The normalized spacial score (nSPS) is 11.5. The first-order chi connectivity index (χ1) is 15.8. The fraction of sp³-hybridized carbons (Fsp3) is 0.238. The molecule has 33 heavy (non-hydrogen) atoms. The first-order valence-corrected chi connectivity index (χ1v) is 10.2. The molecule has 3 N–H and O–H groups in total. The van der Waals surface area contributed by atoms with Gasteiger partial charge in [0.1, 0.15) is 11.3 Å². The van der Waals surface area contributed by atoms with E-state index in [-0.39, 0.29) is 29.6 Å². The Bertz CT molecular complexity index is 1160. The third-order valence-electron chi connectivity index (χ3n) is 4.56. The second-order valence-corrected chi connectivity index (χ2v) is 7.29. The largest absolute Gasteiger partial charge is 0.441 e. The van der Waals surface area contributed by atoms with Gasteiger partial charge in [-0.1, -0.05) is 29.5 Å². The maximum Gasteiger partial charge on any atom is 0.413 e. The van der Waals surface area contributed by atoms with Crippen molar-refractivity contribution in [3.8, 4) is 11.4 Å². The van der Waals surface area contributed by atoms with E-state index in [1.807, 2.05) is 0 Å². The van der Waals surface area contributed by atoms with Crippen LogP contribution >= 0.6 is 11.6 Å². The molecule has 3 rings (SSSR count). The molecule has 0 aromatic carbocycles. The van der Waals surface area contributed by atoms with Crippen LogP contribution in [-0.2, 0) is 16.6 Å². The summed E-state index contributed by atoms with van der Waals surface area (Å²) in [5.41, 5.74) is 1.97. The highest BCUT2D eigenvalue weighted by Crippen LogP contribution is 2.26. The number of aryl methyl sites for hydroxylation is 1. The van der Waals surface area contributed by atoms with Crippen LogP contribution in [0.25, 0.3) is 11.4 Å². The molecule has 0 saturated carbocycles. The molecular weight excluding hydrogens is 450 g/mol. The predicted octanol–water partition coefficient (Wildman–Crippen LogP) is 3.11. The molecule has 2 amide bonds. The fourth-order valence-electron chi connectivity index (χ4n) is 2.80. The van der Waals surface area contributed by atoms with Crippen LogP contribution in [0.15, 0.2) is 48.8 Å². The van der Waals surface area contributed by atoms with Gasteiger partial charge in [0.05, 0.1) is 17.6 Å². The molecule has 3 heterocycles. The van der Waals surface area contributed by atoms with Gasteiger partial charge in [-0.05, 0) is 25.1 Å². The number of aliphatic hydroxyl groups is 1. The average Bonchev–Trinajstić information content (AvgIpc) is 3.14. The molecule has 0 saturated heterocycles. The van der Waals surface area contributed by atoms with Crippen LogP contribution in [0, 0.1) is 0 Å². The van der Waals surface area contributed by atoms with Crippen LogP contribution in [-0.4, -0.2) is 48.7 Å². The Morgan fingerprint density at radius 2 is 2.06 bits per heavy atom. The molecule has 11 nitrogen and oxygen atoms in total. The van der Waals surface area contributed by atoms with Gasteiger partial charge in [0.25, 0.3) is 5.91 Å². The maximum absolute atomic E-state index is 12.5. The summed E-state index contributed by atoms with van der Waals surface area (Å²) >= 11 is 6.06. The van der Waals surface area contributed by atoms with Crippen LogP contribution < -0.4 is 10.6 Å². The van der Waals surface area contributed by atoms with E-state index in [1.165, 1.54) is 10.9 Å². The Morgan fingerprint density at radius 3 is 2.73 bits per heavy atom. The molecule has 0 radical (unpaired) electrons. The van der Waals surface area contributed by atoms with Crippen LogP contribution in [0.2, 0.25) is 5.15 Å². The summed E-state index contributed by atoms with van der Waals surface area (Å²) in [6.45, 7) is 5.13. The smallest absolute Gasteiger partial charge is 0.413 e. The standard InChI is InChI=1S/C21H22ClN7O4/c1-12(8-10-30)20(31)25-14-6-7-16(24-11-14)17-19(29(3)28-27-17)26-21(32)33-13(2)15-5-4-9-23-18(15)22/h4-7,9,11,13,30H,1,8,10H2,2-3H3,(H,25,31)(H,26,32)/t13-/m1/s1. The third-order valence-corrected chi connectivity index (χ3v) is 4.87. The van der Waals surface area contributed by atoms with E-state index in [9.17, 15) is 9.59 Å². The summed E-state index contributed by atoms with van der Waals surface area (Å²) in [4.78, 5) is 32.7. The number of nitrogens with zero attached hydrogens (tertiary/aromatic N) is 5. The quantitative estimate of drug-likeness (QED) is 0.335. The number of anilines is 2. The Balaban J connectivity index is 1.70. The van der Waals surface area contributed by atoms with E-state index in [0.717, 1.165) is 0 Å². The van der Waals surface area contributed by atoms with Crippen molar-refractivity contribution in [2.45, 2.75) is 19.4 Å². The summed E-state index contributed by atoms with van der Waals surface area (Å²) in [7, 11) is 1.61. The monoisotopic (exact) mass is 471 g/mol. The summed E-state index contributed by atoms with van der Waals surface area (Å²) in [6, 6.07) is 6.65. The van der Waals surface area contributed by atoms with Gasteiger partial charge in [-0.25, -0.2) is 14.5 Å². The first kappa shape index (κ1) is 23.8. The fourth-order valence-corrected chi connectivity index (χ4v) is 3.07. The number of amides is 2. The molecule has 0 aliphatic carbocycles. The zero-order valence-electron chi connectivity index (χ0n) is 17.9. The van der Waals surface area contributed by atoms with E-state index in [0.29, 0.717) is 22.6 Å². The Morgan fingerprint density at radius 1 is 1.27 bits per heavy atom. The molecule has 0 aliphatic rings. The lowest BCUT2D eigenvalue weighted by Crippen LogP contribution is -2.18. The van der Waals surface area contributed by atoms with E-state index in [4.69, 9.17) is 21.4 Å². The number of aliphatic hydroxyl groups excluding tert-OH is 1. The molecule has 0 spiro atoms. The number of hydrogen-bond acceptors (Lipinski definition) is 8. The molecule has 1 atom stereocenters. The number of ether oxygens (including phenoxy) is 1. The summed E-state index contributed by atoms with van der Waals surface area (Å²) in [6.07, 6.45) is 1.77. The van der Waals surface area contributed by atoms with Crippen LogP contribution in [0.3, 0.4) is 0 Å². The minimum atomic E-state index is -0.736. The molecule has 3 aromatic heterocycles. The number of carbonyl (C=O) groups excluding carboxylic acids is 2. The van der Waals surface area contributed by atoms with Gasteiger partial charge in [0.15, 0.2) is 11.5 Å². The lowest BCUT2D eigenvalue weighted by atomic mass is 10.2. The highest BCUT2D eigenvalue weighted by molar-refractivity contribution is 6.30. The highest BCUT2D eigenvalue weighted by Gasteiger charge is 2.20. The topological polar surface area (TPSA) is 144 Å². The van der Waals surface area contributed by atoms with E-state index in [2.05, 4.69) is 37.5 Å². The summed E-state index contributed by atoms with van der Waals surface area (Å²) in [5, 5.41) is 22.4. The SMILES string of the molecule is C=C(CCO)C(=O)Nc1ccc(-c2nnn(C)c2NC(=O)O[C@H](C)c2cccnc2Cl)nc1. The maximum atomic E-state index is 12.5. The van der Waals surface area contributed by atoms with Gasteiger partial charge in [0, 0.05) is 37.4 Å². The van der Waals surface area contributed by atoms with Gasteiger partial charge in [-0.2, -0.15) is 0 Å². The van der Waals surface area contributed by atoms with E-state index >= 15 is 0 Å². The van der Waals surface area contributed by atoms with Crippen molar-refractivity contribution in [3.05, 3.63) is 59.5 Å². The summed E-state index contributed by atoms with van der Waals surface area (Å²) < 4.78 is 6.77. The molecule has 172 valence electrons. The Kier molecular flexibility index (Phi) is 7.70.